The van der Waals surface area contributed by atoms with Gasteiger partial charge in [-0.25, -0.2) is 0 Å². The lowest BCUT2D eigenvalue weighted by Crippen LogP contribution is -2.58. The summed E-state index contributed by atoms with van der Waals surface area (Å²) in [6.45, 7) is 7.45. The number of nitrogens with one attached hydrogen (secondary N) is 1. The number of amides is 1. The van der Waals surface area contributed by atoms with Crippen LogP contribution in [0.5, 0.6) is 0 Å². The highest BCUT2D eigenvalue weighted by Crippen LogP contribution is 2.11. The molecule has 1 aliphatic rings. The van der Waals surface area contributed by atoms with Gasteiger partial charge in [-0.05, 0) is 20.3 Å². The van der Waals surface area contributed by atoms with Crippen molar-refractivity contribution in [3.63, 3.8) is 0 Å². The van der Waals surface area contributed by atoms with E-state index in [1.807, 2.05) is 4.90 Å². The molecule has 0 saturated carbocycles. The van der Waals surface area contributed by atoms with Crippen LogP contribution in [0.4, 0.5) is 0 Å². The lowest BCUT2D eigenvalue weighted by atomic mass is 10.0. The smallest absolute Gasteiger partial charge is 0.222 e. The summed E-state index contributed by atoms with van der Waals surface area (Å²) in [5.74, 6) is 0.252. The van der Waals surface area contributed by atoms with Crippen molar-refractivity contribution >= 4 is 5.91 Å². The number of hydrogen-bond acceptors (Lipinski definition) is 3. The lowest BCUT2D eigenvalue weighted by Gasteiger charge is -2.39. The minimum atomic E-state index is 0.0508. The Morgan fingerprint density at radius 2 is 2.27 bits per heavy atom. The molecular weight excluding hydrogens is 192 g/mol. The van der Waals surface area contributed by atoms with Crippen LogP contribution in [0, 0.1) is 0 Å². The first-order chi connectivity index (χ1) is 7.05. The van der Waals surface area contributed by atoms with Crippen molar-refractivity contribution in [2.24, 2.45) is 0 Å². The summed E-state index contributed by atoms with van der Waals surface area (Å²) in [5, 5.41) is 3.39. The molecule has 1 heterocycles. The number of carbonyl (C=O) groups excluding carboxylic acids is 1. The Hall–Kier alpha value is -0.610. The molecule has 0 radical (unpaired) electrons. The van der Waals surface area contributed by atoms with Crippen LogP contribution in [-0.2, 0) is 9.53 Å². The second-order valence-electron chi connectivity index (χ2n) is 4.72. The first-order valence-corrected chi connectivity index (χ1v) is 5.57. The standard InChI is InChI=1S/C11H22N2O2/c1-11(2)9-13(7-6-12-11)10(14)5-4-8-15-3/h12H,4-9H2,1-3H3. The van der Waals surface area contributed by atoms with Crippen molar-refractivity contribution in [2.45, 2.75) is 32.2 Å². The van der Waals surface area contributed by atoms with E-state index >= 15 is 0 Å². The van der Waals surface area contributed by atoms with Gasteiger partial charge in [-0.1, -0.05) is 0 Å². The molecule has 0 aliphatic carbocycles. The summed E-state index contributed by atoms with van der Waals surface area (Å²) in [6, 6.07) is 0. The summed E-state index contributed by atoms with van der Waals surface area (Å²) in [7, 11) is 1.67. The molecule has 1 saturated heterocycles. The van der Waals surface area contributed by atoms with Crippen LogP contribution in [0.1, 0.15) is 26.7 Å². The van der Waals surface area contributed by atoms with E-state index in [1.165, 1.54) is 0 Å². The Balaban J connectivity index is 2.32. The van der Waals surface area contributed by atoms with Crippen molar-refractivity contribution in [3.05, 3.63) is 0 Å². The zero-order chi connectivity index (χ0) is 11.3. The van der Waals surface area contributed by atoms with Gasteiger partial charge >= 0.3 is 0 Å². The molecule has 1 amide bonds. The molecule has 0 atom stereocenters. The predicted octanol–water partition coefficient (Wildman–Crippen LogP) is 0.623. The van der Waals surface area contributed by atoms with E-state index in [4.69, 9.17) is 4.74 Å². The first-order valence-electron chi connectivity index (χ1n) is 5.57. The molecule has 0 aromatic rings. The van der Waals surface area contributed by atoms with E-state index in [0.29, 0.717) is 13.0 Å². The fourth-order valence-corrected chi connectivity index (χ4v) is 1.88. The number of nitrogens with zero attached hydrogens (tertiary/aromatic N) is 1. The molecule has 0 bridgehead atoms. The molecular formula is C11H22N2O2. The van der Waals surface area contributed by atoms with E-state index in [0.717, 1.165) is 26.1 Å². The van der Waals surface area contributed by atoms with Crippen LogP contribution in [0.15, 0.2) is 0 Å². The van der Waals surface area contributed by atoms with Crippen LogP contribution in [-0.4, -0.2) is 49.7 Å². The highest BCUT2D eigenvalue weighted by atomic mass is 16.5. The fraction of sp³-hybridized carbons (Fsp3) is 0.909. The molecule has 0 spiro atoms. The van der Waals surface area contributed by atoms with Crippen LogP contribution >= 0.6 is 0 Å². The number of methoxy groups -OCH3 is 1. The number of ether oxygens (including phenoxy) is 1. The fourth-order valence-electron chi connectivity index (χ4n) is 1.88. The predicted molar refractivity (Wildman–Crippen MR) is 59.8 cm³/mol. The first kappa shape index (κ1) is 12.5. The van der Waals surface area contributed by atoms with Crippen molar-refractivity contribution in [2.75, 3.05) is 33.4 Å². The maximum absolute atomic E-state index is 11.8. The van der Waals surface area contributed by atoms with E-state index in [-0.39, 0.29) is 11.4 Å². The highest BCUT2D eigenvalue weighted by Gasteiger charge is 2.27. The van der Waals surface area contributed by atoms with Crippen molar-refractivity contribution in [1.82, 2.24) is 10.2 Å². The van der Waals surface area contributed by atoms with Crippen LogP contribution in [0.2, 0.25) is 0 Å². The monoisotopic (exact) mass is 214 g/mol. The van der Waals surface area contributed by atoms with Gasteiger partial charge in [0.15, 0.2) is 0 Å². The second-order valence-corrected chi connectivity index (χ2v) is 4.72. The molecule has 0 aromatic heterocycles. The molecule has 0 unspecified atom stereocenters. The van der Waals surface area contributed by atoms with E-state index in [2.05, 4.69) is 19.2 Å². The van der Waals surface area contributed by atoms with E-state index in [1.54, 1.807) is 7.11 Å². The third kappa shape index (κ3) is 4.18. The summed E-state index contributed by atoms with van der Waals surface area (Å²) < 4.78 is 4.94. The lowest BCUT2D eigenvalue weighted by molar-refractivity contribution is -0.133. The van der Waals surface area contributed by atoms with Gasteiger partial charge in [0.25, 0.3) is 0 Å². The number of rotatable bonds is 4. The third-order valence-corrected chi connectivity index (χ3v) is 2.66. The average Bonchev–Trinajstić information content (AvgIpc) is 2.16. The molecule has 15 heavy (non-hydrogen) atoms. The quantitative estimate of drug-likeness (QED) is 0.698. The Labute approximate surface area is 92.0 Å². The second kappa shape index (κ2) is 5.47. The van der Waals surface area contributed by atoms with E-state index < -0.39 is 0 Å². The zero-order valence-corrected chi connectivity index (χ0v) is 10.0. The topological polar surface area (TPSA) is 41.6 Å². The summed E-state index contributed by atoms with van der Waals surface area (Å²) in [6.07, 6.45) is 1.42. The molecule has 1 rings (SSSR count). The SMILES string of the molecule is COCCCC(=O)N1CCNC(C)(C)C1. The maximum atomic E-state index is 11.8. The molecule has 1 N–H and O–H groups in total. The Morgan fingerprint density at radius 3 is 2.87 bits per heavy atom. The Kier molecular flexibility index (Phi) is 4.54. The molecule has 1 aliphatic heterocycles. The van der Waals surface area contributed by atoms with Gasteiger partial charge in [-0.3, -0.25) is 4.79 Å². The van der Waals surface area contributed by atoms with Gasteiger partial charge in [0, 0.05) is 45.3 Å². The number of hydrogen-bond donors (Lipinski definition) is 1. The van der Waals surface area contributed by atoms with Gasteiger partial charge in [-0.2, -0.15) is 0 Å². The Bertz CT molecular complexity index is 217. The molecule has 4 nitrogen and oxygen atoms in total. The molecule has 4 heteroatoms. The van der Waals surface area contributed by atoms with Crippen molar-refractivity contribution in [1.29, 1.82) is 0 Å². The summed E-state index contributed by atoms with van der Waals surface area (Å²) in [4.78, 5) is 13.8. The zero-order valence-electron chi connectivity index (χ0n) is 10.0. The molecule has 88 valence electrons. The van der Waals surface area contributed by atoms with Crippen LogP contribution in [0.3, 0.4) is 0 Å². The minimum absolute atomic E-state index is 0.0508. The Morgan fingerprint density at radius 1 is 1.53 bits per heavy atom. The number of piperazine rings is 1. The summed E-state index contributed by atoms with van der Waals surface area (Å²) in [5.41, 5.74) is 0.0508. The van der Waals surface area contributed by atoms with Gasteiger partial charge < -0.3 is 15.0 Å². The third-order valence-electron chi connectivity index (χ3n) is 2.66. The van der Waals surface area contributed by atoms with Gasteiger partial charge in [0.1, 0.15) is 0 Å². The highest BCUT2D eigenvalue weighted by molar-refractivity contribution is 5.76. The van der Waals surface area contributed by atoms with Gasteiger partial charge in [-0.15, -0.1) is 0 Å². The number of carbonyl (C=O) groups is 1. The normalized spacial score (nSPS) is 20.3. The average molecular weight is 214 g/mol. The van der Waals surface area contributed by atoms with Crippen LogP contribution < -0.4 is 5.32 Å². The van der Waals surface area contributed by atoms with Gasteiger partial charge in [0.05, 0.1) is 0 Å². The minimum Gasteiger partial charge on any atom is -0.385 e. The summed E-state index contributed by atoms with van der Waals surface area (Å²) >= 11 is 0. The molecule has 0 aromatic carbocycles. The largest absolute Gasteiger partial charge is 0.385 e. The van der Waals surface area contributed by atoms with Gasteiger partial charge in [0.2, 0.25) is 5.91 Å². The van der Waals surface area contributed by atoms with Crippen molar-refractivity contribution < 1.29 is 9.53 Å². The maximum Gasteiger partial charge on any atom is 0.222 e. The molecule has 1 fully saturated rings. The van der Waals surface area contributed by atoms with E-state index in [9.17, 15) is 4.79 Å². The van der Waals surface area contributed by atoms with Crippen LogP contribution in [0.25, 0.3) is 0 Å². The van der Waals surface area contributed by atoms with Crippen molar-refractivity contribution in [3.8, 4) is 0 Å².